The number of rotatable bonds is 4. The standard InChI is InChI=1S/C16H15NO3/c1-19-14-7-3-12(4-8-14)16(18,11-17)13-5-9-15(20-2)10-6-13/h3-10,18H,1-2H3. The quantitative estimate of drug-likeness (QED) is 0.866. The van der Waals surface area contributed by atoms with Crippen LogP contribution in [-0.2, 0) is 5.60 Å². The summed E-state index contributed by atoms with van der Waals surface area (Å²) in [5.41, 5.74) is -0.713. The van der Waals surface area contributed by atoms with Crippen LogP contribution >= 0.6 is 0 Å². The third kappa shape index (κ3) is 2.44. The lowest BCUT2D eigenvalue weighted by Crippen LogP contribution is -2.24. The first-order valence-corrected chi connectivity index (χ1v) is 6.06. The second kappa shape index (κ2) is 5.64. The van der Waals surface area contributed by atoms with Crippen molar-refractivity contribution in [1.29, 1.82) is 5.26 Å². The van der Waals surface area contributed by atoms with Crippen LogP contribution < -0.4 is 9.47 Å². The zero-order valence-corrected chi connectivity index (χ0v) is 11.3. The molecule has 20 heavy (non-hydrogen) atoms. The van der Waals surface area contributed by atoms with Crippen LogP contribution in [0.2, 0.25) is 0 Å². The molecule has 2 aromatic rings. The summed E-state index contributed by atoms with van der Waals surface area (Å²) < 4.78 is 10.1. The highest BCUT2D eigenvalue weighted by atomic mass is 16.5. The minimum absolute atomic E-state index is 0.492. The van der Waals surface area contributed by atoms with Gasteiger partial charge in [0.25, 0.3) is 0 Å². The third-order valence-electron chi connectivity index (χ3n) is 3.18. The topological polar surface area (TPSA) is 62.5 Å². The molecular formula is C16H15NO3. The van der Waals surface area contributed by atoms with Gasteiger partial charge in [-0.1, -0.05) is 24.3 Å². The number of ether oxygens (including phenoxy) is 2. The minimum atomic E-state index is -1.70. The summed E-state index contributed by atoms with van der Waals surface area (Å²) in [5.74, 6) is 1.34. The van der Waals surface area contributed by atoms with Gasteiger partial charge in [0.05, 0.1) is 14.2 Å². The number of benzene rings is 2. The van der Waals surface area contributed by atoms with Crippen molar-refractivity contribution >= 4 is 0 Å². The largest absolute Gasteiger partial charge is 0.497 e. The summed E-state index contributed by atoms with van der Waals surface area (Å²) in [6, 6.07) is 15.5. The molecule has 0 radical (unpaired) electrons. The molecule has 4 nitrogen and oxygen atoms in total. The summed E-state index contributed by atoms with van der Waals surface area (Å²) in [6.07, 6.45) is 0. The molecular weight excluding hydrogens is 254 g/mol. The van der Waals surface area contributed by atoms with Crippen molar-refractivity contribution in [2.75, 3.05) is 14.2 Å². The molecule has 0 aromatic heterocycles. The van der Waals surface area contributed by atoms with Crippen LogP contribution in [0, 0.1) is 11.3 Å². The maximum Gasteiger partial charge on any atom is 0.202 e. The Balaban J connectivity index is 2.43. The van der Waals surface area contributed by atoms with Gasteiger partial charge in [-0.15, -0.1) is 0 Å². The lowest BCUT2D eigenvalue weighted by molar-refractivity contribution is 0.142. The molecule has 2 rings (SSSR count). The average Bonchev–Trinajstić information content (AvgIpc) is 2.54. The molecule has 4 heteroatoms. The van der Waals surface area contributed by atoms with E-state index >= 15 is 0 Å². The second-order valence-corrected chi connectivity index (χ2v) is 4.28. The number of hydrogen-bond donors (Lipinski definition) is 1. The molecule has 0 bridgehead atoms. The molecule has 2 aromatic carbocycles. The number of nitrogens with zero attached hydrogens (tertiary/aromatic N) is 1. The number of methoxy groups -OCH3 is 2. The van der Waals surface area contributed by atoms with Crippen molar-refractivity contribution in [3.63, 3.8) is 0 Å². The maximum absolute atomic E-state index is 10.6. The lowest BCUT2D eigenvalue weighted by atomic mass is 9.87. The second-order valence-electron chi connectivity index (χ2n) is 4.28. The van der Waals surface area contributed by atoms with Gasteiger partial charge in [0.15, 0.2) is 0 Å². The molecule has 102 valence electrons. The SMILES string of the molecule is COc1ccc(C(O)(C#N)c2ccc(OC)cc2)cc1. The van der Waals surface area contributed by atoms with Crippen LogP contribution in [0.5, 0.6) is 11.5 Å². The van der Waals surface area contributed by atoms with Gasteiger partial charge in [0.2, 0.25) is 5.60 Å². The van der Waals surface area contributed by atoms with Crippen molar-refractivity contribution in [1.82, 2.24) is 0 Å². The van der Waals surface area contributed by atoms with Crippen molar-refractivity contribution in [2.24, 2.45) is 0 Å². The Morgan fingerprint density at radius 3 is 1.45 bits per heavy atom. The summed E-state index contributed by atoms with van der Waals surface area (Å²) >= 11 is 0. The first-order chi connectivity index (χ1) is 9.63. The Hall–Kier alpha value is -2.51. The Labute approximate surface area is 117 Å². The molecule has 0 aliphatic carbocycles. The van der Waals surface area contributed by atoms with E-state index in [0.29, 0.717) is 22.6 Å². The smallest absolute Gasteiger partial charge is 0.202 e. The highest BCUT2D eigenvalue weighted by Crippen LogP contribution is 2.31. The minimum Gasteiger partial charge on any atom is -0.497 e. The van der Waals surface area contributed by atoms with Crippen LogP contribution in [0.4, 0.5) is 0 Å². The van der Waals surface area contributed by atoms with E-state index in [1.807, 2.05) is 6.07 Å². The number of nitriles is 1. The summed E-state index contributed by atoms with van der Waals surface area (Å²) in [6.45, 7) is 0. The highest BCUT2D eigenvalue weighted by Gasteiger charge is 2.31. The molecule has 0 saturated carbocycles. The van der Waals surface area contributed by atoms with Gasteiger partial charge in [-0.25, -0.2) is 0 Å². The van der Waals surface area contributed by atoms with Gasteiger partial charge >= 0.3 is 0 Å². The van der Waals surface area contributed by atoms with E-state index in [4.69, 9.17) is 9.47 Å². The first-order valence-electron chi connectivity index (χ1n) is 6.06. The van der Waals surface area contributed by atoms with Crippen LogP contribution in [0.25, 0.3) is 0 Å². The molecule has 0 spiro atoms. The van der Waals surface area contributed by atoms with Gasteiger partial charge in [-0.05, 0) is 24.3 Å². The first kappa shape index (κ1) is 13.9. The van der Waals surface area contributed by atoms with Crippen LogP contribution in [0.3, 0.4) is 0 Å². The van der Waals surface area contributed by atoms with Crippen molar-refractivity contribution in [3.05, 3.63) is 59.7 Å². The summed E-state index contributed by atoms with van der Waals surface area (Å²) in [7, 11) is 3.13. The Kier molecular flexibility index (Phi) is 3.92. The molecule has 1 N–H and O–H groups in total. The van der Waals surface area contributed by atoms with Crippen LogP contribution in [-0.4, -0.2) is 19.3 Å². The van der Waals surface area contributed by atoms with Crippen molar-refractivity contribution in [3.8, 4) is 17.6 Å². The predicted molar refractivity (Wildman–Crippen MR) is 74.6 cm³/mol. The fourth-order valence-electron chi connectivity index (χ4n) is 1.96. The van der Waals surface area contributed by atoms with Crippen LogP contribution in [0.1, 0.15) is 11.1 Å². The molecule has 0 aliphatic rings. The molecule has 0 aliphatic heterocycles. The fourth-order valence-corrected chi connectivity index (χ4v) is 1.96. The van der Waals surface area contributed by atoms with Crippen molar-refractivity contribution < 1.29 is 14.6 Å². The molecule has 0 saturated heterocycles. The zero-order valence-electron chi connectivity index (χ0n) is 11.3. The van der Waals surface area contributed by atoms with E-state index in [0.717, 1.165) is 0 Å². The van der Waals surface area contributed by atoms with Gasteiger partial charge in [-0.3, -0.25) is 0 Å². The lowest BCUT2D eigenvalue weighted by Gasteiger charge is -2.21. The van der Waals surface area contributed by atoms with Crippen molar-refractivity contribution in [2.45, 2.75) is 5.60 Å². The van der Waals surface area contributed by atoms with E-state index in [1.165, 1.54) is 0 Å². The van der Waals surface area contributed by atoms with E-state index in [2.05, 4.69) is 0 Å². The third-order valence-corrected chi connectivity index (χ3v) is 3.18. The average molecular weight is 269 g/mol. The molecule has 0 amide bonds. The number of aliphatic hydroxyl groups is 1. The molecule has 0 atom stereocenters. The maximum atomic E-state index is 10.6. The van der Waals surface area contributed by atoms with Crippen LogP contribution in [0.15, 0.2) is 48.5 Å². The zero-order chi connectivity index (χ0) is 14.6. The Bertz CT molecular complexity index is 564. The summed E-state index contributed by atoms with van der Waals surface area (Å²) in [5, 5.41) is 20.0. The van der Waals surface area contributed by atoms with Gasteiger partial charge < -0.3 is 14.6 Å². The predicted octanol–water partition coefficient (Wildman–Crippen LogP) is 2.46. The summed E-state index contributed by atoms with van der Waals surface area (Å²) in [4.78, 5) is 0. The fraction of sp³-hybridized carbons (Fsp3) is 0.188. The molecule has 0 heterocycles. The number of hydrogen-bond acceptors (Lipinski definition) is 4. The Morgan fingerprint density at radius 2 is 1.20 bits per heavy atom. The van der Waals surface area contributed by atoms with E-state index < -0.39 is 5.60 Å². The normalized spacial score (nSPS) is 10.7. The van der Waals surface area contributed by atoms with E-state index in [9.17, 15) is 10.4 Å². The van der Waals surface area contributed by atoms with Gasteiger partial charge in [0, 0.05) is 11.1 Å². The highest BCUT2D eigenvalue weighted by molar-refractivity contribution is 5.45. The van der Waals surface area contributed by atoms with Gasteiger partial charge in [-0.2, -0.15) is 5.26 Å². The molecule has 0 fully saturated rings. The van der Waals surface area contributed by atoms with E-state index in [-0.39, 0.29) is 0 Å². The molecule has 0 unspecified atom stereocenters. The Morgan fingerprint density at radius 1 is 0.850 bits per heavy atom. The van der Waals surface area contributed by atoms with Gasteiger partial charge in [0.1, 0.15) is 17.6 Å². The van der Waals surface area contributed by atoms with E-state index in [1.54, 1.807) is 62.8 Å². The monoisotopic (exact) mass is 269 g/mol.